The minimum Gasteiger partial charge on any atom is -0.369 e. The molecule has 0 spiro atoms. The number of benzene rings is 1. The van der Waals surface area contributed by atoms with Crippen LogP contribution in [0.25, 0.3) is 5.65 Å². The van der Waals surface area contributed by atoms with Crippen molar-refractivity contribution in [2.75, 3.05) is 50.4 Å². The monoisotopic (exact) mass is 590 g/mol. The molecule has 1 aliphatic heterocycles. The molecule has 1 aliphatic rings. The van der Waals surface area contributed by atoms with E-state index >= 15 is 0 Å². The number of carbonyl (C=O) groups is 1. The number of anilines is 2. The van der Waals surface area contributed by atoms with Gasteiger partial charge in [0.1, 0.15) is 11.5 Å². The van der Waals surface area contributed by atoms with Crippen LogP contribution in [0.2, 0.25) is 0 Å². The second-order valence-corrected chi connectivity index (χ2v) is 10.5. The molecule has 1 amide bonds. The average molecular weight is 591 g/mol. The standard InChI is InChI=1S/C31H33F3N8O/c1-3-4-11-36-28-9-10-29-37-20-26(42(29)39-28)8-5-22-16-24(19-35-18-22)30(43)38-25-7-6-23(27(17-25)31(32,33)34)21-41-14-12-40(2)13-15-41/h6-7,9-10,16-20H,3-4,11-15,21H2,1-2H3,(H,36,39)(H,38,43). The van der Waals surface area contributed by atoms with E-state index in [1.54, 1.807) is 10.7 Å². The number of piperazine rings is 1. The predicted molar refractivity (Wildman–Crippen MR) is 159 cm³/mol. The first-order valence-corrected chi connectivity index (χ1v) is 14.2. The molecule has 1 fully saturated rings. The number of aromatic nitrogens is 4. The number of nitrogens with zero attached hydrogens (tertiary/aromatic N) is 6. The van der Waals surface area contributed by atoms with Gasteiger partial charge in [-0.05, 0) is 55.3 Å². The highest BCUT2D eigenvalue weighted by Gasteiger charge is 2.34. The number of rotatable bonds is 8. The van der Waals surface area contributed by atoms with Gasteiger partial charge in [0.15, 0.2) is 5.65 Å². The predicted octanol–water partition coefficient (Wildman–Crippen LogP) is 4.75. The number of imidazole rings is 1. The van der Waals surface area contributed by atoms with Crippen molar-refractivity contribution in [3.63, 3.8) is 0 Å². The van der Waals surface area contributed by atoms with Crippen molar-refractivity contribution in [3.8, 4) is 11.8 Å². The molecule has 0 unspecified atom stereocenters. The fourth-order valence-corrected chi connectivity index (χ4v) is 4.72. The smallest absolute Gasteiger partial charge is 0.369 e. The van der Waals surface area contributed by atoms with Crippen LogP contribution in [0.3, 0.4) is 0 Å². The lowest BCUT2D eigenvalue weighted by atomic mass is 10.0. The zero-order valence-electron chi connectivity index (χ0n) is 24.1. The van der Waals surface area contributed by atoms with Gasteiger partial charge in [-0.2, -0.15) is 13.2 Å². The lowest BCUT2D eigenvalue weighted by Gasteiger charge is -2.33. The summed E-state index contributed by atoms with van der Waals surface area (Å²) in [5, 5.41) is 10.4. The molecule has 0 bridgehead atoms. The van der Waals surface area contributed by atoms with Crippen LogP contribution in [0.5, 0.6) is 0 Å². The van der Waals surface area contributed by atoms with Crippen molar-refractivity contribution in [2.45, 2.75) is 32.5 Å². The number of fused-ring (bicyclic) bond motifs is 1. The Kier molecular flexibility index (Phi) is 9.23. The van der Waals surface area contributed by atoms with E-state index in [0.717, 1.165) is 38.5 Å². The van der Waals surface area contributed by atoms with Crippen molar-refractivity contribution in [3.05, 3.63) is 82.9 Å². The Balaban J connectivity index is 1.30. The highest BCUT2D eigenvalue weighted by molar-refractivity contribution is 6.04. The second-order valence-electron chi connectivity index (χ2n) is 10.5. The van der Waals surface area contributed by atoms with Gasteiger partial charge in [-0.1, -0.05) is 25.3 Å². The number of carbonyl (C=O) groups excluding carboxylic acids is 1. The lowest BCUT2D eigenvalue weighted by molar-refractivity contribution is -0.138. The lowest BCUT2D eigenvalue weighted by Crippen LogP contribution is -2.44. The summed E-state index contributed by atoms with van der Waals surface area (Å²) >= 11 is 0. The Morgan fingerprint density at radius 2 is 1.84 bits per heavy atom. The molecule has 0 radical (unpaired) electrons. The van der Waals surface area contributed by atoms with E-state index in [1.807, 2.05) is 24.1 Å². The van der Waals surface area contributed by atoms with Gasteiger partial charge in [0, 0.05) is 62.9 Å². The number of pyridine rings is 1. The van der Waals surface area contributed by atoms with Crippen LogP contribution in [0, 0.1) is 11.8 Å². The van der Waals surface area contributed by atoms with E-state index in [2.05, 4.69) is 49.4 Å². The number of nitrogens with one attached hydrogen (secondary N) is 2. The van der Waals surface area contributed by atoms with Crippen molar-refractivity contribution in [1.82, 2.24) is 29.4 Å². The molecule has 12 heteroatoms. The molecule has 0 atom stereocenters. The molecule has 43 heavy (non-hydrogen) atoms. The highest BCUT2D eigenvalue weighted by atomic mass is 19.4. The number of halogens is 3. The van der Waals surface area contributed by atoms with Gasteiger partial charge in [0.25, 0.3) is 5.91 Å². The molecule has 2 N–H and O–H groups in total. The number of hydrogen-bond acceptors (Lipinski definition) is 7. The molecule has 0 saturated carbocycles. The molecule has 4 aromatic rings. The van der Waals surface area contributed by atoms with E-state index in [-0.39, 0.29) is 23.4 Å². The van der Waals surface area contributed by atoms with Crippen LogP contribution in [0.4, 0.5) is 24.7 Å². The first-order chi connectivity index (χ1) is 20.7. The van der Waals surface area contributed by atoms with E-state index in [9.17, 15) is 18.0 Å². The fraction of sp³-hybridized carbons (Fsp3) is 0.355. The highest BCUT2D eigenvalue weighted by Crippen LogP contribution is 2.34. The Morgan fingerprint density at radius 1 is 1.02 bits per heavy atom. The SMILES string of the molecule is CCCCNc1ccc2ncc(C#Cc3cncc(C(=O)Nc4ccc(CN5CCN(C)CC5)c(C(F)(F)F)c4)c3)n2n1. The maximum absolute atomic E-state index is 14.0. The third-order valence-corrected chi connectivity index (χ3v) is 7.20. The van der Waals surface area contributed by atoms with Crippen LogP contribution >= 0.6 is 0 Å². The first-order valence-electron chi connectivity index (χ1n) is 14.2. The summed E-state index contributed by atoms with van der Waals surface area (Å²) in [5.74, 6) is 6.12. The van der Waals surface area contributed by atoms with E-state index in [4.69, 9.17) is 0 Å². The molecular weight excluding hydrogens is 557 g/mol. The van der Waals surface area contributed by atoms with Crippen LogP contribution in [-0.2, 0) is 12.7 Å². The summed E-state index contributed by atoms with van der Waals surface area (Å²) in [7, 11) is 2.00. The quantitative estimate of drug-likeness (QED) is 0.226. The molecule has 0 aliphatic carbocycles. The molecular formula is C31H33F3N8O. The van der Waals surface area contributed by atoms with Crippen molar-refractivity contribution in [1.29, 1.82) is 0 Å². The Bertz CT molecular complexity index is 1650. The normalized spacial score (nSPS) is 14.3. The summed E-state index contributed by atoms with van der Waals surface area (Å²) in [6.07, 6.45) is 2.00. The number of likely N-dealkylation sites (N-methyl/N-ethyl adjacent to an activating group) is 1. The molecule has 9 nitrogen and oxygen atoms in total. The van der Waals surface area contributed by atoms with Crippen LogP contribution in [0.1, 0.15) is 52.5 Å². The maximum Gasteiger partial charge on any atom is 0.416 e. The summed E-state index contributed by atoms with van der Waals surface area (Å²) in [5.41, 5.74) is 1.30. The topological polar surface area (TPSA) is 90.7 Å². The Labute approximate surface area is 248 Å². The third-order valence-electron chi connectivity index (χ3n) is 7.20. The molecule has 3 aromatic heterocycles. The number of amides is 1. The maximum atomic E-state index is 14.0. The van der Waals surface area contributed by atoms with Gasteiger partial charge in [-0.15, -0.1) is 5.10 Å². The Morgan fingerprint density at radius 3 is 2.60 bits per heavy atom. The number of hydrogen-bond donors (Lipinski definition) is 2. The average Bonchev–Trinajstić information content (AvgIpc) is 3.40. The zero-order valence-corrected chi connectivity index (χ0v) is 24.1. The van der Waals surface area contributed by atoms with E-state index < -0.39 is 17.6 Å². The van der Waals surface area contributed by atoms with Crippen molar-refractivity contribution < 1.29 is 18.0 Å². The van der Waals surface area contributed by atoms with E-state index in [1.165, 1.54) is 30.6 Å². The first kappa shape index (κ1) is 30.0. The Hall–Kier alpha value is -4.47. The van der Waals surface area contributed by atoms with Crippen molar-refractivity contribution in [2.24, 2.45) is 0 Å². The van der Waals surface area contributed by atoms with Gasteiger partial charge in [0.05, 0.1) is 17.3 Å². The molecule has 4 heterocycles. The molecule has 224 valence electrons. The number of alkyl halides is 3. The van der Waals surface area contributed by atoms with Gasteiger partial charge >= 0.3 is 6.18 Å². The van der Waals surface area contributed by atoms with Crippen LogP contribution < -0.4 is 10.6 Å². The van der Waals surface area contributed by atoms with Gasteiger partial charge in [-0.25, -0.2) is 9.50 Å². The summed E-state index contributed by atoms with van der Waals surface area (Å²) in [6.45, 7) is 6.13. The van der Waals surface area contributed by atoms with Crippen LogP contribution in [0.15, 0.2) is 55.0 Å². The third kappa shape index (κ3) is 7.68. The second kappa shape index (κ2) is 13.2. The van der Waals surface area contributed by atoms with Gasteiger partial charge in [0.2, 0.25) is 0 Å². The van der Waals surface area contributed by atoms with Gasteiger partial charge in [-0.3, -0.25) is 14.7 Å². The summed E-state index contributed by atoms with van der Waals surface area (Å²) in [4.78, 5) is 25.6. The summed E-state index contributed by atoms with van der Waals surface area (Å²) in [6, 6.07) is 9.17. The minimum absolute atomic E-state index is 0.0519. The molecule has 1 aromatic carbocycles. The minimum atomic E-state index is -4.56. The summed E-state index contributed by atoms with van der Waals surface area (Å²) < 4.78 is 43.5. The van der Waals surface area contributed by atoms with Gasteiger partial charge < -0.3 is 15.5 Å². The zero-order chi connectivity index (χ0) is 30.4. The largest absolute Gasteiger partial charge is 0.416 e. The fourth-order valence-electron chi connectivity index (χ4n) is 4.72. The van der Waals surface area contributed by atoms with E-state index in [0.29, 0.717) is 35.8 Å². The molecule has 1 saturated heterocycles. The number of unbranched alkanes of at least 4 members (excludes halogenated alkanes) is 1. The molecule has 5 rings (SSSR count). The van der Waals surface area contributed by atoms with Crippen LogP contribution in [-0.4, -0.2) is 75.1 Å². The van der Waals surface area contributed by atoms with Crippen molar-refractivity contribution >= 4 is 23.1 Å².